The molecule has 0 bridgehead atoms. The molecule has 44 valence electrons. The minimum Gasteiger partial charge on any atom is -0.248 e. The van der Waals surface area contributed by atoms with Crippen LogP contribution in [0.1, 0.15) is 38.0 Å². The molecule has 0 rings (SSSR count). The third kappa shape index (κ3) is 5.93. The molecule has 1 heteroatoms. The lowest BCUT2D eigenvalue weighted by atomic mass is 10.1. The summed E-state index contributed by atoms with van der Waals surface area (Å²) in [5.41, 5.74) is 0. The minimum atomic E-state index is -3.16. The summed E-state index contributed by atoms with van der Waals surface area (Å²) < 4.78 is 69.0. The molecule has 0 unspecified atom stereocenters. The molecule has 0 aliphatic carbocycles. The summed E-state index contributed by atoms with van der Waals surface area (Å²) in [4.78, 5) is 0. The SMILES string of the molecule is [2H]C([2H])([2H])C([2H])(C[C@@]([2H])(C)F)C([2H])([2H])[2H]. The summed E-state index contributed by atoms with van der Waals surface area (Å²) in [6.45, 7) is -5.59. The largest absolute Gasteiger partial charge is 0.248 e. The van der Waals surface area contributed by atoms with Crippen LogP contribution in [-0.4, -0.2) is 6.15 Å². The van der Waals surface area contributed by atoms with E-state index >= 15 is 0 Å². The van der Waals surface area contributed by atoms with Crippen molar-refractivity contribution in [2.24, 2.45) is 5.89 Å². The molecule has 0 aromatic heterocycles. The average molecular weight is 112 g/mol. The molecular formula is C6H13F. The van der Waals surface area contributed by atoms with E-state index in [0.29, 0.717) is 0 Å². The Labute approximate surface area is 56.0 Å². The summed E-state index contributed by atoms with van der Waals surface area (Å²) in [7, 11) is 0. The number of hydrogen-bond donors (Lipinski definition) is 0. The minimum absolute atomic E-state index is 0.730. The molecule has 0 aromatic rings. The smallest absolute Gasteiger partial charge is 0.0976 e. The van der Waals surface area contributed by atoms with E-state index in [0.717, 1.165) is 6.92 Å². The molecule has 7 heavy (non-hydrogen) atoms. The highest BCUT2D eigenvalue weighted by Crippen LogP contribution is 2.05. The van der Waals surface area contributed by atoms with Crippen molar-refractivity contribution in [2.75, 3.05) is 0 Å². The van der Waals surface area contributed by atoms with E-state index in [4.69, 9.17) is 11.0 Å². The number of halogens is 1. The summed E-state index contributed by atoms with van der Waals surface area (Å²) >= 11 is 0. The lowest BCUT2D eigenvalue weighted by Gasteiger charge is -2.02. The first kappa shape index (κ1) is 1.26. The fourth-order valence-corrected chi connectivity index (χ4v) is 0.244. The second-order valence-corrected chi connectivity index (χ2v) is 1.33. The molecule has 0 nitrogen and oxygen atoms in total. The van der Waals surface area contributed by atoms with Crippen molar-refractivity contribution in [3.05, 3.63) is 0 Å². The zero-order valence-electron chi connectivity index (χ0n) is 12.1. The Bertz CT molecular complexity index is 207. The van der Waals surface area contributed by atoms with E-state index in [2.05, 4.69) is 0 Å². The van der Waals surface area contributed by atoms with Crippen molar-refractivity contribution >= 4 is 0 Å². The van der Waals surface area contributed by atoms with E-state index < -0.39 is 32.2 Å². The van der Waals surface area contributed by atoms with Gasteiger partial charge < -0.3 is 0 Å². The van der Waals surface area contributed by atoms with Crippen LogP contribution in [0.4, 0.5) is 4.39 Å². The van der Waals surface area contributed by atoms with Gasteiger partial charge in [-0.25, -0.2) is 4.39 Å². The van der Waals surface area contributed by atoms with E-state index in [1.165, 1.54) is 0 Å². The van der Waals surface area contributed by atoms with E-state index in [1.807, 2.05) is 0 Å². The van der Waals surface area contributed by atoms with E-state index in [9.17, 15) is 4.39 Å². The summed E-state index contributed by atoms with van der Waals surface area (Å²) in [6, 6.07) is 0. The van der Waals surface area contributed by atoms with Crippen molar-refractivity contribution in [1.82, 2.24) is 0 Å². The Morgan fingerprint density at radius 2 is 2.43 bits per heavy atom. The van der Waals surface area contributed by atoms with Gasteiger partial charge in [0.1, 0.15) is 0 Å². The molecule has 0 saturated carbocycles. The highest BCUT2D eigenvalue weighted by atomic mass is 19.1. The van der Waals surface area contributed by atoms with Gasteiger partial charge in [-0.2, -0.15) is 0 Å². The molecule has 0 saturated heterocycles. The molecule has 0 heterocycles. The predicted octanol–water partition coefficient (Wildman–Crippen LogP) is 2.39. The first-order valence-corrected chi connectivity index (χ1v) is 1.90. The summed E-state index contributed by atoms with van der Waals surface area (Å²) in [6.07, 6.45) is -3.95. The Hall–Kier alpha value is -0.0700. The highest BCUT2D eigenvalue weighted by molar-refractivity contribution is 4.49. The Morgan fingerprint density at radius 3 is 2.57 bits per heavy atom. The van der Waals surface area contributed by atoms with Crippen molar-refractivity contribution < 1.29 is 15.4 Å². The van der Waals surface area contributed by atoms with Gasteiger partial charge in [0.15, 0.2) is 0 Å². The zero-order valence-corrected chi connectivity index (χ0v) is 4.09. The molecule has 1 atom stereocenters. The first-order chi connectivity index (χ1) is 6.21. The van der Waals surface area contributed by atoms with Crippen LogP contribution in [0.3, 0.4) is 0 Å². The van der Waals surface area contributed by atoms with E-state index in [1.54, 1.807) is 0 Å². The molecule has 0 aromatic carbocycles. The van der Waals surface area contributed by atoms with Crippen LogP contribution in [0.15, 0.2) is 0 Å². The van der Waals surface area contributed by atoms with Crippen LogP contribution in [0, 0.1) is 5.89 Å². The first-order valence-electron chi connectivity index (χ1n) is 5.90. The molecule has 0 aliphatic rings. The van der Waals surface area contributed by atoms with Gasteiger partial charge in [0.05, 0.1) is 7.52 Å². The van der Waals surface area contributed by atoms with Crippen LogP contribution < -0.4 is 0 Å². The predicted molar refractivity (Wildman–Crippen MR) is 30.0 cm³/mol. The lowest BCUT2D eigenvalue weighted by Crippen LogP contribution is -1.97. The van der Waals surface area contributed by atoms with Crippen molar-refractivity contribution in [3.63, 3.8) is 0 Å². The van der Waals surface area contributed by atoms with Crippen LogP contribution in [-0.2, 0) is 0 Å². The molecule has 0 aliphatic heterocycles. The van der Waals surface area contributed by atoms with Crippen LogP contribution in [0.2, 0.25) is 0 Å². The maximum atomic E-state index is 13.0. The monoisotopic (exact) mass is 112 g/mol. The number of alkyl halides is 1. The standard InChI is InChI=1S/C6H13F/c1-5(2)4-6(3)7/h5-6H,4H2,1-3H3/t6-/m1/s1/i1D3,2D3,5D,6D. The zero-order chi connectivity index (χ0) is 12.7. The number of rotatable bonds is 2. The fraction of sp³-hybridized carbons (Fsp3) is 1.00. The van der Waals surface area contributed by atoms with Crippen LogP contribution in [0.25, 0.3) is 0 Å². The Morgan fingerprint density at radius 1 is 1.86 bits per heavy atom. The fourth-order valence-electron chi connectivity index (χ4n) is 0.244. The maximum absolute atomic E-state index is 13.0. The molecule has 0 fully saturated rings. The van der Waals surface area contributed by atoms with Crippen molar-refractivity contribution in [1.29, 1.82) is 0 Å². The van der Waals surface area contributed by atoms with Gasteiger partial charge in [-0.1, -0.05) is 13.7 Å². The second kappa shape index (κ2) is 3.00. The van der Waals surface area contributed by atoms with Gasteiger partial charge in [0.2, 0.25) is 0 Å². The highest BCUT2D eigenvalue weighted by Gasteiger charge is 1.99. The van der Waals surface area contributed by atoms with E-state index in [-0.39, 0.29) is 0 Å². The average Bonchev–Trinajstić information content (AvgIpc) is 1.77. The molecule has 0 spiro atoms. The van der Waals surface area contributed by atoms with Gasteiger partial charge in [0.25, 0.3) is 0 Å². The van der Waals surface area contributed by atoms with Gasteiger partial charge in [-0.05, 0) is 19.2 Å². The molecular weight excluding hydrogens is 91.1 g/mol. The van der Waals surface area contributed by atoms with Crippen LogP contribution in [0.5, 0.6) is 0 Å². The van der Waals surface area contributed by atoms with Gasteiger partial charge in [-0.3, -0.25) is 0 Å². The molecule has 0 N–H and O–H groups in total. The Balaban J connectivity index is 5.26. The third-order valence-corrected chi connectivity index (χ3v) is 0.420. The van der Waals surface area contributed by atoms with Crippen molar-refractivity contribution in [2.45, 2.75) is 33.2 Å². The molecule has 0 radical (unpaired) electrons. The second-order valence-electron chi connectivity index (χ2n) is 1.33. The topological polar surface area (TPSA) is 0 Å². The summed E-state index contributed by atoms with van der Waals surface area (Å²) in [5, 5.41) is 0. The quantitative estimate of drug-likeness (QED) is 0.514. The number of hydrogen-bond acceptors (Lipinski definition) is 0. The molecule has 0 amide bonds. The normalized spacial score (nSPS) is 41.4. The van der Waals surface area contributed by atoms with Crippen LogP contribution >= 0.6 is 0 Å². The maximum Gasteiger partial charge on any atom is 0.0976 e. The van der Waals surface area contributed by atoms with Crippen molar-refractivity contribution in [3.8, 4) is 0 Å². The summed E-state index contributed by atoms with van der Waals surface area (Å²) in [5.74, 6) is -2.95. The lowest BCUT2D eigenvalue weighted by molar-refractivity contribution is 0.306. The Kier molecular flexibility index (Phi) is 0.538. The van der Waals surface area contributed by atoms with Gasteiger partial charge in [0, 0.05) is 9.60 Å². The third-order valence-electron chi connectivity index (χ3n) is 0.420. The van der Waals surface area contributed by atoms with Gasteiger partial charge in [-0.15, -0.1) is 0 Å². The van der Waals surface area contributed by atoms with Gasteiger partial charge >= 0.3 is 0 Å².